The van der Waals surface area contributed by atoms with Crippen molar-refractivity contribution in [2.45, 2.75) is 11.6 Å². The summed E-state index contributed by atoms with van der Waals surface area (Å²) in [5.41, 5.74) is 1.72. The van der Waals surface area contributed by atoms with Crippen molar-refractivity contribution >= 4 is 17.6 Å². The molecule has 0 aliphatic carbocycles. The van der Waals surface area contributed by atoms with E-state index in [4.69, 9.17) is 5.26 Å². The Morgan fingerprint density at radius 1 is 1.33 bits per heavy atom. The van der Waals surface area contributed by atoms with Gasteiger partial charge < -0.3 is 5.32 Å². The van der Waals surface area contributed by atoms with Crippen molar-refractivity contribution in [2.24, 2.45) is 0 Å². The van der Waals surface area contributed by atoms with Gasteiger partial charge in [-0.15, -0.1) is 11.8 Å². The van der Waals surface area contributed by atoms with Gasteiger partial charge in [-0.1, -0.05) is 12.1 Å². The summed E-state index contributed by atoms with van der Waals surface area (Å²) in [5, 5.41) is 13.0. The lowest BCUT2D eigenvalue weighted by Crippen LogP contribution is -2.02. The summed E-state index contributed by atoms with van der Waals surface area (Å²) >= 11 is 1.58. The summed E-state index contributed by atoms with van der Waals surface area (Å²) in [6.07, 6.45) is 3.52. The van der Waals surface area contributed by atoms with Gasteiger partial charge in [0, 0.05) is 12.6 Å². The lowest BCUT2D eigenvalue weighted by molar-refractivity contribution is 1.02. The highest BCUT2D eigenvalue weighted by Crippen LogP contribution is 2.14. The highest BCUT2D eigenvalue weighted by molar-refractivity contribution is 7.98. The van der Waals surface area contributed by atoms with Crippen molar-refractivity contribution in [3.05, 3.63) is 47.8 Å². The molecule has 1 heterocycles. The van der Waals surface area contributed by atoms with Crippen LogP contribution in [0.2, 0.25) is 0 Å². The number of nitriles is 1. The molecule has 0 aliphatic rings. The largest absolute Gasteiger partial charge is 0.366 e. The van der Waals surface area contributed by atoms with Crippen molar-refractivity contribution in [3.8, 4) is 6.07 Å². The molecule has 0 amide bonds. The number of hydrogen-bond donors (Lipinski definition) is 1. The fraction of sp³-hybridized carbons (Fsp3) is 0.154. The second-order valence-corrected chi connectivity index (χ2v) is 4.44. The molecule has 5 heteroatoms. The molecule has 0 unspecified atom stereocenters. The quantitative estimate of drug-likeness (QED) is 0.673. The summed E-state index contributed by atoms with van der Waals surface area (Å²) in [6, 6.07) is 11.5. The zero-order valence-corrected chi connectivity index (χ0v) is 10.7. The average molecular weight is 256 g/mol. The first-order chi connectivity index (χ1) is 8.81. The summed E-state index contributed by atoms with van der Waals surface area (Å²) < 4.78 is 0. The molecule has 0 radical (unpaired) electrons. The van der Waals surface area contributed by atoms with E-state index in [9.17, 15) is 0 Å². The molecule has 2 aromatic rings. The second kappa shape index (κ2) is 6.03. The maximum absolute atomic E-state index is 8.82. The van der Waals surface area contributed by atoms with Gasteiger partial charge in [0.25, 0.3) is 0 Å². The lowest BCUT2D eigenvalue weighted by atomic mass is 10.1. The summed E-state index contributed by atoms with van der Waals surface area (Å²) in [7, 11) is 0. The molecule has 0 atom stereocenters. The SMILES string of the molecule is CSc1cc(NCc2cccc(C#N)c2)ncn1. The molecule has 4 nitrogen and oxygen atoms in total. The third kappa shape index (κ3) is 3.22. The van der Waals surface area contributed by atoms with Crippen LogP contribution < -0.4 is 5.32 Å². The topological polar surface area (TPSA) is 61.6 Å². The highest BCUT2D eigenvalue weighted by atomic mass is 32.2. The van der Waals surface area contributed by atoms with Crippen LogP contribution in [0.1, 0.15) is 11.1 Å². The van der Waals surface area contributed by atoms with Crippen LogP contribution in [-0.4, -0.2) is 16.2 Å². The Morgan fingerprint density at radius 2 is 2.22 bits per heavy atom. The average Bonchev–Trinajstić information content (AvgIpc) is 2.45. The number of nitrogens with zero attached hydrogens (tertiary/aromatic N) is 3. The van der Waals surface area contributed by atoms with Crippen molar-refractivity contribution in [2.75, 3.05) is 11.6 Å². The third-order valence-electron chi connectivity index (χ3n) is 2.38. The molecule has 0 aliphatic heterocycles. The van der Waals surface area contributed by atoms with Crippen LogP contribution in [0, 0.1) is 11.3 Å². The zero-order valence-electron chi connectivity index (χ0n) is 9.92. The smallest absolute Gasteiger partial charge is 0.130 e. The van der Waals surface area contributed by atoms with Gasteiger partial charge in [0.15, 0.2) is 0 Å². The third-order valence-corrected chi connectivity index (χ3v) is 3.02. The Labute approximate surface area is 110 Å². The molecular formula is C13H12N4S. The maximum Gasteiger partial charge on any atom is 0.130 e. The number of rotatable bonds is 4. The Balaban J connectivity index is 2.04. The molecule has 0 saturated heterocycles. The molecule has 2 rings (SSSR count). The van der Waals surface area contributed by atoms with Crippen molar-refractivity contribution in [3.63, 3.8) is 0 Å². The van der Waals surface area contributed by atoms with Gasteiger partial charge in [0.1, 0.15) is 17.2 Å². The van der Waals surface area contributed by atoms with E-state index < -0.39 is 0 Å². The molecule has 1 N–H and O–H groups in total. The summed E-state index contributed by atoms with van der Waals surface area (Å²) in [5.74, 6) is 0.789. The van der Waals surface area contributed by atoms with Crippen LogP contribution >= 0.6 is 11.8 Å². The van der Waals surface area contributed by atoms with Crippen molar-refractivity contribution in [1.29, 1.82) is 5.26 Å². The standard InChI is InChI=1S/C13H12N4S/c1-18-13-6-12(16-9-17-13)15-8-11-4-2-3-10(5-11)7-14/h2-6,9H,8H2,1H3,(H,15,16,17). The van der Waals surface area contributed by atoms with Crippen LogP contribution in [0.25, 0.3) is 0 Å². The van der Waals surface area contributed by atoms with Crippen LogP contribution in [0.4, 0.5) is 5.82 Å². The fourth-order valence-electron chi connectivity index (χ4n) is 1.49. The molecule has 0 saturated carbocycles. The minimum atomic E-state index is 0.639. The van der Waals surface area contributed by atoms with Crippen molar-refractivity contribution < 1.29 is 0 Å². The van der Waals surface area contributed by atoms with E-state index in [-0.39, 0.29) is 0 Å². The van der Waals surface area contributed by atoms with E-state index in [2.05, 4.69) is 21.4 Å². The number of anilines is 1. The molecule has 90 valence electrons. The Bertz CT molecular complexity index is 577. The van der Waals surface area contributed by atoms with Gasteiger partial charge in [-0.05, 0) is 24.0 Å². The number of hydrogen-bond acceptors (Lipinski definition) is 5. The number of benzene rings is 1. The van der Waals surface area contributed by atoms with Gasteiger partial charge in [0.05, 0.1) is 11.6 Å². The molecule has 0 spiro atoms. The molecule has 0 fully saturated rings. The Kier molecular flexibility index (Phi) is 4.15. The number of nitrogens with one attached hydrogen (secondary N) is 1. The second-order valence-electron chi connectivity index (χ2n) is 3.61. The van der Waals surface area contributed by atoms with Gasteiger partial charge in [-0.2, -0.15) is 5.26 Å². The molecule has 0 bridgehead atoms. The Hall–Kier alpha value is -2.06. The van der Waals surface area contributed by atoms with Crippen molar-refractivity contribution in [1.82, 2.24) is 9.97 Å². The minimum Gasteiger partial charge on any atom is -0.366 e. The van der Waals surface area contributed by atoms with E-state index >= 15 is 0 Å². The van der Waals surface area contributed by atoms with Gasteiger partial charge in [0.2, 0.25) is 0 Å². The van der Waals surface area contributed by atoms with E-state index in [0.29, 0.717) is 12.1 Å². The van der Waals surface area contributed by atoms with E-state index in [1.807, 2.05) is 30.5 Å². The van der Waals surface area contributed by atoms with Gasteiger partial charge >= 0.3 is 0 Å². The van der Waals surface area contributed by atoms with Gasteiger partial charge in [-0.25, -0.2) is 9.97 Å². The lowest BCUT2D eigenvalue weighted by Gasteiger charge is -2.06. The zero-order chi connectivity index (χ0) is 12.8. The first-order valence-corrected chi connectivity index (χ1v) is 6.63. The molecule has 1 aromatic heterocycles. The van der Waals surface area contributed by atoms with E-state index in [0.717, 1.165) is 16.4 Å². The summed E-state index contributed by atoms with van der Waals surface area (Å²) in [6.45, 7) is 0.639. The van der Waals surface area contributed by atoms with E-state index in [1.54, 1.807) is 24.2 Å². The number of thioether (sulfide) groups is 1. The first-order valence-electron chi connectivity index (χ1n) is 5.41. The van der Waals surface area contributed by atoms with Crippen LogP contribution in [-0.2, 0) is 6.54 Å². The monoisotopic (exact) mass is 256 g/mol. The predicted octanol–water partition coefficient (Wildman–Crippen LogP) is 2.68. The first kappa shape index (κ1) is 12.4. The molecule has 18 heavy (non-hydrogen) atoms. The predicted molar refractivity (Wildman–Crippen MR) is 72.3 cm³/mol. The normalized spacial score (nSPS) is 9.78. The minimum absolute atomic E-state index is 0.639. The number of aromatic nitrogens is 2. The van der Waals surface area contributed by atoms with Crippen LogP contribution in [0.15, 0.2) is 41.7 Å². The highest BCUT2D eigenvalue weighted by Gasteiger charge is 1.99. The maximum atomic E-state index is 8.82. The fourth-order valence-corrected chi connectivity index (χ4v) is 1.87. The van der Waals surface area contributed by atoms with Gasteiger partial charge in [-0.3, -0.25) is 0 Å². The molecular weight excluding hydrogens is 244 g/mol. The molecule has 1 aromatic carbocycles. The van der Waals surface area contributed by atoms with E-state index in [1.165, 1.54) is 0 Å². The van der Waals surface area contributed by atoms with Crippen LogP contribution in [0.5, 0.6) is 0 Å². The summed E-state index contributed by atoms with van der Waals surface area (Å²) in [4.78, 5) is 8.25. The Morgan fingerprint density at radius 3 is 3.00 bits per heavy atom. The van der Waals surface area contributed by atoms with Crippen LogP contribution in [0.3, 0.4) is 0 Å².